The van der Waals surface area contributed by atoms with E-state index in [1.165, 1.54) is 64.2 Å². The predicted molar refractivity (Wildman–Crippen MR) is 294 cm³/mol. The Hall–Kier alpha value is -3.00. The normalized spacial score (nSPS) is 21.5. The second-order valence-electron chi connectivity index (χ2n) is 18.7. The Morgan fingerprint density at radius 2 is 0.819 bits per heavy atom. The van der Waals surface area contributed by atoms with Gasteiger partial charge >= 0.3 is 13.8 Å². The van der Waals surface area contributed by atoms with E-state index in [9.17, 15) is 39.8 Å². The fraction of sp³-hybridized carbons (Fsp3) is 0.678. The Labute approximate surface area is 436 Å². The third-order valence-corrected chi connectivity index (χ3v) is 13.1. The standard InChI is InChI=1S/C59H99O12P/c1-3-5-7-9-11-13-15-17-19-21-23-25-26-27-29-31-33-35-37-39-41-43-45-47-49-68-50-52(51-69-72(66,67)71-59-57(64)55(62)54(61)56(63)58(59)65)70-53(60)48-46-44-42-40-38-36-34-32-30-28-24-22-20-18-16-14-12-10-8-6-4-2/h5,7,11,13,16-19,22-25,27,29,33,35,39,41,52,54-59,61-65H,3-4,6,8-10,12,14-15,20-21,26,28,30-32,34,36-38,40,42-51H2,1-2H3,(H,66,67)/b7-5-,13-11-,18-16-,19-17-,24-22-,25-23-,29-27-,35-33-,41-39-. The average Bonchev–Trinajstić information content (AvgIpc) is 3.37. The largest absolute Gasteiger partial charge is 0.472 e. The quantitative estimate of drug-likeness (QED) is 0.0147. The van der Waals surface area contributed by atoms with Gasteiger partial charge in [0.1, 0.15) is 42.7 Å². The SMILES string of the molecule is CC/C=C\C/C=C\C/C=C\C/C=C\C/C=C\C/C=C\C/C=C\CCCCOCC(COP(=O)(O)OC1C(O)C(O)C(O)C(O)C1O)OC(=O)CCCCCCCCCCC/C=C\C/C=C\CCCCCCC. The molecule has 0 amide bonds. The summed E-state index contributed by atoms with van der Waals surface area (Å²) in [5.74, 6) is -0.501. The molecule has 72 heavy (non-hydrogen) atoms. The molecule has 412 valence electrons. The number of phosphoric acid groups is 1. The van der Waals surface area contributed by atoms with Crippen LogP contribution in [0.1, 0.15) is 194 Å². The summed E-state index contributed by atoms with van der Waals surface area (Å²) in [5.41, 5.74) is 0. The minimum Gasteiger partial charge on any atom is -0.457 e. The number of rotatable bonds is 46. The average molecular weight is 1030 g/mol. The number of allylic oxidation sites excluding steroid dienone is 18. The number of phosphoric ester groups is 1. The molecular weight excluding hydrogens is 932 g/mol. The van der Waals surface area contributed by atoms with Gasteiger partial charge < -0.3 is 39.9 Å². The summed E-state index contributed by atoms with van der Waals surface area (Å²) in [5, 5.41) is 50.4. The van der Waals surface area contributed by atoms with E-state index in [2.05, 4.69) is 123 Å². The molecule has 0 aromatic heterocycles. The molecule has 1 aliphatic carbocycles. The third kappa shape index (κ3) is 38.6. The number of carbonyl (C=O) groups is 1. The molecule has 6 N–H and O–H groups in total. The van der Waals surface area contributed by atoms with Crippen molar-refractivity contribution in [3.8, 4) is 0 Å². The van der Waals surface area contributed by atoms with Gasteiger partial charge in [0.15, 0.2) is 0 Å². The zero-order valence-electron chi connectivity index (χ0n) is 44.4. The number of unbranched alkanes of at least 4 members (excludes halogenated alkanes) is 16. The maximum absolute atomic E-state index is 12.9. The molecule has 0 saturated heterocycles. The third-order valence-electron chi connectivity index (χ3n) is 12.1. The van der Waals surface area contributed by atoms with Crippen molar-refractivity contribution >= 4 is 13.8 Å². The first-order chi connectivity index (χ1) is 35.0. The Morgan fingerprint density at radius 3 is 1.25 bits per heavy atom. The van der Waals surface area contributed by atoms with Gasteiger partial charge in [-0.3, -0.25) is 13.8 Å². The van der Waals surface area contributed by atoms with Crippen LogP contribution in [0.3, 0.4) is 0 Å². The van der Waals surface area contributed by atoms with Crippen molar-refractivity contribution in [3.63, 3.8) is 0 Å². The molecule has 1 saturated carbocycles. The summed E-state index contributed by atoms with van der Waals surface area (Å²) in [6, 6.07) is 0. The lowest BCUT2D eigenvalue weighted by Crippen LogP contribution is -2.64. The minimum atomic E-state index is -5.05. The summed E-state index contributed by atoms with van der Waals surface area (Å²) in [6.45, 7) is 4.03. The van der Waals surface area contributed by atoms with Gasteiger partial charge in [-0.15, -0.1) is 0 Å². The molecule has 12 nitrogen and oxygen atoms in total. The zero-order chi connectivity index (χ0) is 52.6. The highest BCUT2D eigenvalue weighted by Gasteiger charge is 2.51. The maximum Gasteiger partial charge on any atom is 0.472 e. The van der Waals surface area contributed by atoms with Crippen LogP contribution >= 0.6 is 7.82 Å². The van der Waals surface area contributed by atoms with Crippen LogP contribution in [0.15, 0.2) is 109 Å². The monoisotopic (exact) mass is 1030 g/mol. The molecule has 1 aliphatic rings. The van der Waals surface area contributed by atoms with Gasteiger partial charge in [-0.05, 0) is 103 Å². The lowest BCUT2D eigenvalue weighted by molar-refractivity contribution is -0.220. The molecule has 1 rings (SSSR count). The molecule has 6 unspecified atom stereocenters. The van der Waals surface area contributed by atoms with Crippen molar-refractivity contribution in [2.45, 2.75) is 236 Å². The number of carbonyl (C=O) groups excluding carboxylic acids is 1. The van der Waals surface area contributed by atoms with Crippen LogP contribution in [0.5, 0.6) is 0 Å². The number of aliphatic hydroxyl groups is 5. The van der Waals surface area contributed by atoms with Crippen molar-refractivity contribution in [3.05, 3.63) is 109 Å². The summed E-state index contributed by atoms with van der Waals surface area (Å²) >= 11 is 0. The summed E-state index contributed by atoms with van der Waals surface area (Å²) in [7, 11) is -5.05. The lowest BCUT2D eigenvalue weighted by Gasteiger charge is -2.41. The summed E-state index contributed by atoms with van der Waals surface area (Å²) in [4.78, 5) is 23.3. The van der Waals surface area contributed by atoms with Crippen molar-refractivity contribution in [1.82, 2.24) is 0 Å². The topological polar surface area (TPSA) is 192 Å². The first-order valence-electron chi connectivity index (χ1n) is 27.7. The number of hydrogen-bond donors (Lipinski definition) is 6. The molecule has 0 aromatic rings. The highest BCUT2D eigenvalue weighted by Crippen LogP contribution is 2.47. The molecule has 0 aliphatic heterocycles. The van der Waals surface area contributed by atoms with Gasteiger partial charge in [0.2, 0.25) is 0 Å². The first-order valence-corrected chi connectivity index (χ1v) is 29.2. The van der Waals surface area contributed by atoms with Gasteiger partial charge in [-0.1, -0.05) is 194 Å². The molecule has 6 atom stereocenters. The van der Waals surface area contributed by atoms with E-state index >= 15 is 0 Å². The van der Waals surface area contributed by atoms with Crippen LogP contribution in [-0.2, 0) is 27.9 Å². The zero-order valence-corrected chi connectivity index (χ0v) is 45.3. The first kappa shape index (κ1) is 67.0. The van der Waals surface area contributed by atoms with Crippen molar-refractivity contribution in [2.24, 2.45) is 0 Å². The van der Waals surface area contributed by atoms with Crippen LogP contribution in [0, 0.1) is 0 Å². The van der Waals surface area contributed by atoms with E-state index in [1.807, 2.05) is 0 Å². The summed E-state index contributed by atoms with van der Waals surface area (Å²) in [6.07, 6.45) is 55.8. The van der Waals surface area contributed by atoms with Crippen LogP contribution < -0.4 is 0 Å². The van der Waals surface area contributed by atoms with Crippen LogP contribution in [0.25, 0.3) is 0 Å². The number of ether oxygens (including phenoxy) is 2. The molecule has 0 aromatic carbocycles. The van der Waals surface area contributed by atoms with Gasteiger partial charge in [-0.2, -0.15) is 0 Å². The smallest absolute Gasteiger partial charge is 0.457 e. The highest BCUT2D eigenvalue weighted by atomic mass is 31.2. The van der Waals surface area contributed by atoms with Crippen molar-refractivity contribution in [1.29, 1.82) is 0 Å². The molecule has 13 heteroatoms. The predicted octanol–water partition coefficient (Wildman–Crippen LogP) is 13.2. The van der Waals surface area contributed by atoms with E-state index in [0.29, 0.717) is 13.0 Å². The molecule has 0 radical (unpaired) electrons. The minimum absolute atomic E-state index is 0.116. The van der Waals surface area contributed by atoms with E-state index in [-0.39, 0.29) is 13.0 Å². The van der Waals surface area contributed by atoms with Crippen LogP contribution in [0.2, 0.25) is 0 Å². The van der Waals surface area contributed by atoms with E-state index in [1.54, 1.807) is 0 Å². The van der Waals surface area contributed by atoms with E-state index < -0.39 is 63.1 Å². The van der Waals surface area contributed by atoms with Crippen LogP contribution in [-0.4, -0.2) is 98.9 Å². The van der Waals surface area contributed by atoms with Gasteiger partial charge in [-0.25, -0.2) is 4.57 Å². The maximum atomic E-state index is 12.9. The number of esters is 1. The highest BCUT2D eigenvalue weighted by molar-refractivity contribution is 7.47. The second kappa shape index (κ2) is 47.7. The van der Waals surface area contributed by atoms with Gasteiger partial charge in [0, 0.05) is 13.0 Å². The van der Waals surface area contributed by atoms with Gasteiger partial charge in [0.05, 0.1) is 13.2 Å². The molecule has 0 heterocycles. The van der Waals surface area contributed by atoms with E-state index in [0.717, 1.165) is 103 Å². The molecule has 0 spiro atoms. The summed E-state index contributed by atoms with van der Waals surface area (Å²) < 4.78 is 34.3. The molecule has 1 fully saturated rings. The van der Waals surface area contributed by atoms with Gasteiger partial charge in [0.25, 0.3) is 0 Å². The number of aliphatic hydroxyl groups excluding tert-OH is 5. The van der Waals surface area contributed by atoms with Crippen molar-refractivity contribution < 1.29 is 58.3 Å². The number of hydrogen-bond acceptors (Lipinski definition) is 11. The Kier molecular flexibility index (Phi) is 44.4. The lowest BCUT2D eigenvalue weighted by atomic mass is 9.85. The Morgan fingerprint density at radius 1 is 0.458 bits per heavy atom. The Bertz CT molecular complexity index is 1600. The van der Waals surface area contributed by atoms with Crippen molar-refractivity contribution in [2.75, 3.05) is 19.8 Å². The van der Waals surface area contributed by atoms with Crippen LogP contribution in [0.4, 0.5) is 0 Å². The Balaban J connectivity index is 2.37. The van der Waals surface area contributed by atoms with E-state index in [4.69, 9.17) is 18.5 Å². The fourth-order valence-electron chi connectivity index (χ4n) is 7.78. The second-order valence-corrected chi connectivity index (χ2v) is 20.1. The molecular formula is C59H99O12P. The fourth-order valence-corrected chi connectivity index (χ4v) is 8.75. The molecule has 0 bridgehead atoms.